The molecule has 2 unspecified atom stereocenters. The van der Waals surface area contributed by atoms with Crippen LogP contribution in [0.25, 0.3) is 0 Å². The van der Waals surface area contributed by atoms with Gasteiger partial charge in [-0.15, -0.1) is 12.4 Å². The van der Waals surface area contributed by atoms with Gasteiger partial charge in [0.15, 0.2) is 0 Å². The SMILES string of the molecule is Cc1c(C)c2c(c(C)c1O)CC(CN)C(C)O2.Cl. The van der Waals surface area contributed by atoms with E-state index in [1.165, 1.54) is 0 Å². The summed E-state index contributed by atoms with van der Waals surface area (Å²) in [6.45, 7) is 8.57. The average molecular weight is 272 g/mol. The molecule has 0 fully saturated rings. The zero-order valence-electron chi connectivity index (χ0n) is 11.4. The Hall–Kier alpha value is -0.930. The van der Waals surface area contributed by atoms with Crippen LogP contribution in [0, 0.1) is 26.7 Å². The molecule has 3 N–H and O–H groups in total. The normalized spacial score (nSPS) is 21.8. The molecule has 1 aromatic carbocycles. The molecule has 0 aliphatic carbocycles. The Bertz CT molecular complexity index is 460. The second-order valence-corrected chi connectivity index (χ2v) is 5.05. The van der Waals surface area contributed by atoms with Crippen LogP contribution in [0.15, 0.2) is 0 Å². The van der Waals surface area contributed by atoms with E-state index in [0.29, 0.717) is 18.2 Å². The first-order chi connectivity index (χ1) is 7.97. The van der Waals surface area contributed by atoms with Gasteiger partial charge < -0.3 is 15.6 Å². The fourth-order valence-electron chi connectivity index (χ4n) is 2.56. The quantitative estimate of drug-likeness (QED) is 0.826. The van der Waals surface area contributed by atoms with Crippen molar-refractivity contribution in [3.63, 3.8) is 0 Å². The van der Waals surface area contributed by atoms with Crippen molar-refractivity contribution in [1.82, 2.24) is 0 Å². The second kappa shape index (κ2) is 5.37. The fourth-order valence-corrected chi connectivity index (χ4v) is 2.56. The van der Waals surface area contributed by atoms with Crippen LogP contribution >= 0.6 is 12.4 Å². The van der Waals surface area contributed by atoms with Crippen LogP contribution in [0.3, 0.4) is 0 Å². The Labute approximate surface area is 115 Å². The summed E-state index contributed by atoms with van der Waals surface area (Å²) in [5.41, 5.74) is 9.79. The summed E-state index contributed by atoms with van der Waals surface area (Å²) in [6, 6.07) is 0. The summed E-state index contributed by atoms with van der Waals surface area (Å²) in [6.07, 6.45) is 1.04. The van der Waals surface area contributed by atoms with Crippen LogP contribution < -0.4 is 10.5 Å². The van der Waals surface area contributed by atoms with E-state index in [9.17, 15) is 5.11 Å². The molecule has 1 aromatic rings. The lowest BCUT2D eigenvalue weighted by molar-refractivity contribution is 0.132. The van der Waals surface area contributed by atoms with Crippen molar-refractivity contribution in [1.29, 1.82) is 0 Å². The third-order valence-electron chi connectivity index (χ3n) is 4.08. The molecule has 0 radical (unpaired) electrons. The summed E-state index contributed by atoms with van der Waals surface area (Å²) in [5.74, 6) is 1.69. The van der Waals surface area contributed by atoms with Crippen molar-refractivity contribution >= 4 is 12.4 Å². The van der Waals surface area contributed by atoms with E-state index in [0.717, 1.165) is 34.4 Å². The molecule has 102 valence electrons. The summed E-state index contributed by atoms with van der Waals surface area (Å²) in [7, 11) is 0. The minimum absolute atomic E-state index is 0. The van der Waals surface area contributed by atoms with Gasteiger partial charge in [0, 0.05) is 11.5 Å². The summed E-state index contributed by atoms with van der Waals surface area (Å²) >= 11 is 0. The minimum Gasteiger partial charge on any atom is -0.507 e. The number of hydrogen-bond donors (Lipinski definition) is 2. The largest absolute Gasteiger partial charge is 0.507 e. The molecular weight excluding hydrogens is 250 g/mol. The van der Waals surface area contributed by atoms with Crippen LogP contribution in [-0.4, -0.2) is 17.8 Å². The van der Waals surface area contributed by atoms with Crippen LogP contribution in [0.5, 0.6) is 11.5 Å². The maximum atomic E-state index is 10.1. The molecule has 0 aromatic heterocycles. The maximum absolute atomic E-state index is 10.1. The number of benzene rings is 1. The third kappa shape index (κ3) is 2.17. The molecule has 1 aliphatic rings. The number of halogens is 1. The van der Waals surface area contributed by atoms with Crippen molar-refractivity contribution in [3.05, 3.63) is 22.3 Å². The number of phenolic OH excluding ortho intramolecular Hbond substituents is 1. The molecule has 18 heavy (non-hydrogen) atoms. The number of ether oxygens (including phenoxy) is 1. The highest BCUT2D eigenvalue weighted by Crippen LogP contribution is 2.41. The summed E-state index contributed by atoms with van der Waals surface area (Å²) in [4.78, 5) is 0. The number of nitrogens with two attached hydrogens (primary N) is 1. The van der Waals surface area contributed by atoms with Gasteiger partial charge in [-0.1, -0.05) is 0 Å². The van der Waals surface area contributed by atoms with Crippen LogP contribution in [-0.2, 0) is 6.42 Å². The van der Waals surface area contributed by atoms with Gasteiger partial charge in [0.25, 0.3) is 0 Å². The lowest BCUT2D eigenvalue weighted by atomic mass is 9.86. The second-order valence-electron chi connectivity index (χ2n) is 5.05. The average Bonchev–Trinajstić information content (AvgIpc) is 2.33. The standard InChI is InChI=1S/C14H21NO2.ClH/c1-7-8(2)14-12(9(3)13(7)16)5-11(6-15)10(4)17-14;/h10-11,16H,5-6,15H2,1-4H3;1H. The Morgan fingerprint density at radius 1 is 1.22 bits per heavy atom. The topological polar surface area (TPSA) is 55.5 Å². The Balaban J connectivity index is 0.00000162. The van der Waals surface area contributed by atoms with E-state index in [4.69, 9.17) is 10.5 Å². The first-order valence-corrected chi connectivity index (χ1v) is 6.15. The van der Waals surface area contributed by atoms with Crippen molar-refractivity contribution < 1.29 is 9.84 Å². The zero-order valence-corrected chi connectivity index (χ0v) is 12.2. The van der Waals surface area contributed by atoms with Gasteiger partial charge in [-0.05, 0) is 57.4 Å². The number of phenols is 1. The maximum Gasteiger partial charge on any atom is 0.126 e. The third-order valence-corrected chi connectivity index (χ3v) is 4.08. The van der Waals surface area contributed by atoms with Gasteiger partial charge in [0.05, 0.1) is 0 Å². The Morgan fingerprint density at radius 2 is 1.83 bits per heavy atom. The van der Waals surface area contributed by atoms with E-state index in [1.807, 2.05) is 20.8 Å². The zero-order chi connectivity index (χ0) is 12.7. The number of hydrogen-bond acceptors (Lipinski definition) is 3. The van der Waals surface area contributed by atoms with E-state index in [-0.39, 0.29) is 18.5 Å². The van der Waals surface area contributed by atoms with Crippen LogP contribution in [0.4, 0.5) is 0 Å². The molecule has 0 saturated carbocycles. The molecule has 0 saturated heterocycles. The molecular formula is C14H22ClNO2. The van der Waals surface area contributed by atoms with Crippen molar-refractivity contribution in [2.24, 2.45) is 11.7 Å². The fraction of sp³-hybridized carbons (Fsp3) is 0.571. The van der Waals surface area contributed by atoms with Gasteiger partial charge in [0.2, 0.25) is 0 Å². The van der Waals surface area contributed by atoms with E-state index >= 15 is 0 Å². The van der Waals surface area contributed by atoms with Crippen LogP contribution in [0.1, 0.15) is 29.2 Å². The number of fused-ring (bicyclic) bond motifs is 1. The molecule has 3 nitrogen and oxygen atoms in total. The van der Waals surface area contributed by atoms with Crippen LogP contribution in [0.2, 0.25) is 0 Å². The van der Waals surface area contributed by atoms with E-state index < -0.39 is 0 Å². The first kappa shape index (κ1) is 15.1. The molecule has 2 atom stereocenters. The first-order valence-electron chi connectivity index (χ1n) is 6.15. The van der Waals surface area contributed by atoms with Crippen molar-refractivity contribution in [2.45, 2.75) is 40.2 Å². The Morgan fingerprint density at radius 3 is 2.39 bits per heavy atom. The lowest BCUT2D eigenvalue weighted by Gasteiger charge is -2.33. The molecule has 0 bridgehead atoms. The minimum atomic E-state index is 0. The predicted octanol–water partition coefficient (Wildman–Crippen LogP) is 2.64. The molecule has 4 heteroatoms. The van der Waals surface area contributed by atoms with Gasteiger partial charge in [-0.3, -0.25) is 0 Å². The van der Waals surface area contributed by atoms with Gasteiger partial charge >= 0.3 is 0 Å². The van der Waals surface area contributed by atoms with Crippen molar-refractivity contribution in [3.8, 4) is 11.5 Å². The predicted molar refractivity (Wildman–Crippen MR) is 75.9 cm³/mol. The van der Waals surface area contributed by atoms with E-state index in [2.05, 4.69) is 6.92 Å². The molecule has 1 aliphatic heterocycles. The summed E-state index contributed by atoms with van der Waals surface area (Å²) < 4.78 is 5.99. The monoisotopic (exact) mass is 271 g/mol. The number of aromatic hydroxyl groups is 1. The van der Waals surface area contributed by atoms with Gasteiger partial charge in [-0.25, -0.2) is 0 Å². The number of rotatable bonds is 1. The molecule has 1 heterocycles. The molecule has 0 amide bonds. The molecule has 0 spiro atoms. The highest BCUT2D eigenvalue weighted by Gasteiger charge is 2.30. The van der Waals surface area contributed by atoms with E-state index in [1.54, 1.807) is 0 Å². The summed E-state index contributed by atoms with van der Waals surface area (Å²) in [5, 5.41) is 10.1. The smallest absolute Gasteiger partial charge is 0.126 e. The van der Waals surface area contributed by atoms with Gasteiger partial charge in [-0.2, -0.15) is 0 Å². The molecule has 2 rings (SSSR count). The highest BCUT2D eigenvalue weighted by atomic mass is 35.5. The van der Waals surface area contributed by atoms with Crippen molar-refractivity contribution in [2.75, 3.05) is 6.54 Å². The lowest BCUT2D eigenvalue weighted by Crippen LogP contribution is -2.36. The Kier molecular flexibility index (Phi) is 4.51. The highest BCUT2D eigenvalue weighted by molar-refractivity contribution is 5.85. The van der Waals surface area contributed by atoms with Gasteiger partial charge in [0.1, 0.15) is 17.6 Å².